The molecule has 8 nitrogen and oxygen atoms in total. The van der Waals surface area contributed by atoms with Crippen LogP contribution in [-0.2, 0) is 0 Å². The van der Waals surface area contributed by atoms with Crippen LogP contribution in [0.3, 0.4) is 0 Å². The van der Waals surface area contributed by atoms with Crippen molar-refractivity contribution < 1.29 is 9.18 Å². The number of rotatable bonds is 8. The number of halogens is 1. The summed E-state index contributed by atoms with van der Waals surface area (Å²) in [7, 11) is 0. The number of anilines is 2. The van der Waals surface area contributed by atoms with Gasteiger partial charge in [-0.2, -0.15) is 5.26 Å². The number of fused-ring (bicyclic) bond motifs is 1. The highest BCUT2D eigenvalue weighted by Gasteiger charge is 2.22. The zero-order chi connectivity index (χ0) is 22.4. The minimum atomic E-state index is -0.494. The Morgan fingerprint density at radius 3 is 2.74 bits per heavy atom. The van der Waals surface area contributed by atoms with Gasteiger partial charge in [-0.3, -0.25) is 4.79 Å². The van der Waals surface area contributed by atoms with E-state index in [4.69, 9.17) is 0 Å². The van der Waals surface area contributed by atoms with Crippen molar-refractivity contribution in [3.63, 3.8) is 0 Å². The molecule has 3 N–H and O–H groups in total. The number of aromatic nitrogens is 3. The molecule has 0 saturated heterocycles. The van der Waals surface area contributed by atoms with Crippen LogP contribution in [0, 0.1) is 17.1 Å². The predicted molar refractivity (Wildman–Crippen MR) is 117 cm³/mol. The maximum atomic E-state index is 14.3. The molecule has 0 fully saturated rings. The summed E-state index contributed by atoms with van der Waals surface area (Å²) in [4.78, 5) is 25.6. The second-order valence-corrected chi connectivity index (χ2v) is 6.94. The molecule has 0 bridgehead atoms. The van der Waals surface area contributed by atoms with Gasteiger partial charge in [-0.25, -0.2) is 19.3 Å². The minimum Gasteiger partial charge on any atom is -0.369 e. The van der Waals surface area contributed by atoms with E-state index in [0.717, 1.165) is 6.42 Å². The SMILES string of the molecule is CCCNc1ncnc(NC(C)c2nc3cccc(F)c3cc2C(=O)NCC)c1C#N. The second-order valence-electron chi connectivity index (χ2n) is 6.94. The molecule has 31 heavy (non-hydrogen) atoms. The monoisotopic (exact) mass is 421 g/mol. The average molecular weight is 421 g/mol. The summed E-state index contributed by atoms with van der Waals surface area (Å²) in [6.45, 7) is 6.71. The number of nitrogens with one attached hydrogen (secondary N) is 3. The first-order chi connectivity index (χ1) is 15.0. The first-order valence-electron chi connectivity index (χ1n) is 10.1. The van der Waals surface area contributed by atoms with E-state index in [2.05, 4.69) is 37.0 Å². The second kappa shape index (κ2) is 9.80. The third kappa shape index (κ3) is 4.69. The van der Waals surface area contributed by atoms with Crippen molar-refractivity contribution in [1.29, 1.82) is 5.26 Å². The van der Waals surface area contributed by atoms with E-state index in [1.807, 2.05) is 6.92 Å². The topological polar surface area (TPSA) is 116 Å². The van der Waals surface area contributed by atoms with E-state index in [0.29, 0.717) is 35.9 Å². The van der Waals surface area contributed by atoms with Gasteiger partial charge in [0.2, 0.25) is 0 Å². The smallest absolute Gasteiger partial charge is 0.253 e. The Morgan fingerprint density at radius 2 is 2.03 bits per heavy atom. The van der Waals surface area contributed by atoms with E-state index in [1.165, 1.54) is 18.5 Å². The number of carbonyl (C=O) groups excluding carboxylic acids is 1. The Kier molecular flexibility index (Phi) is 6.92. The van der Waals surface area contributed by atoms with Crippen LogP contribution in [0.15, 0.2) is 30.6 Å². The van der Waals surface area contributed by atoms with Gasteiger partial charge in [0.1, 0.15) is 35.4 Å². The Balaban J connectivity index is 2.04. The van der Waals surface area contributed by atoms with Crippen molar-refractivity contribution in [2.24, 2.45) is 0 Å². The molecule has 3 rings (SSSR count). The van der Waals surface area contributed by atoms with Crippen molar-refractivity contribution in [3.8, 4) is 6.07 Å². The highest BCUT2D eigenvalue weighted by Crippen LogP contribution is 2.27. The number of carbonyl (C=O) groups is 1. The molecule has 9 heteroatoms. The molecule has 0 spiro atoms. The first kappa shape index (κ1) is 21.9. The number of pyridine rings is 1. The van der Waals surface area contributed by atoms with Gasteiger partial charge in [-0.1, -0.05) is 13.0 Å². The third-order valence-electron chi connectivity index (χ3n) is 4.68. The van der Waals surface area contributed by atoms with Crippen molar-refractivity contribution in [3.05, 3.63) is 53.2 Å². The lowest BCUT2D eigenvalue weighted by Gasteiger charge is -2.19. The van der Waals surface area contributed by atoms with Crippen LogP contribution >= 0.6 is 0 Å². The summed E-state index contributed by atoms with van der Waals surface area (Å²) in [6.07, 6.45) is 2.24. The molecule has 0 aliphatic carbocycles. The van der Waals surface area contributed by atoms with Gasteiger partial charge in [0.15, 0.2) is 0 Å². The quantitative estimate of drug-likeness (QED) is 0.507. The van der Waals surface area contributed by atoms with E-state index in [9.17, 15) is 14.4 Å². The van der Waals surface area contributed by atoms with Crippen LogP contribution in [-0.4, -0.2) is 33.9 Å². The molecule has 1 atom stereocenters. The van der Waals surface area contributed by atoms with Gasteiger partial charge >= 0.3 is 0 Å². The predicted octanol–water partition coefficient (Wildman–Crippen LogP) is 3.78. The molecule has 160 valence electrons. The molecule has 0 saturated carbocycles. The number of nitrogens with zero attached hydrogens (tertiary/aromatic N) is 4. The molecule has 2 heterocycles. The standard InChI is InChI=1S/C22H24FN7O/c1-4-9-26-20-16(11-24)21(28-12-27-20)29-13(3)19-15(22(31)25-5-2)10-14-17(23)7-6-8-18(14)30-19/h6-8,10,12-13H,4-5,9H2,1-3H3,(H,25,31)(H2,26,27,28,29). The first-order valence-corrected chi connectivity index (χ1v) is 10.1. The van der Waals surface area contributed by atoms with Crippen LogP contribution in [0.5, 0.6) is 0 Å². The summed E-state index contributed by atoms with van der Waals surface area (Å²) in [6, 6.07) is 7.73. The summed E-state index contributed by atoms with van der Waals surface area (Å²) in [5.41, 5.74) is 1.39. The van der Waals surface area contributed by atoms with Crippen LogP contribution in [0.4, 0.5) is 16.0 Å². The van der Waals surface area contributed by atoms with Crippen LogP contribution in [0.25, 0.3) is 10.9 Å². The lowest BCUT2D eigenvalue weighted by Crippen LogP contribution is -2.26. The molecule has 1 unspecified atom stereocenters. The molecular weight excluding hydrogens is 397 g/mol. The summed E-state index contributed by atoms with van der Waals surface area (Å²) in [5.74, 6) is -0.0349. The molecule has 0 aliphatic rings. The lowest BCUT2D eigenvalue weighted by molar-refractivity contribution is 0.0954. The lowest BCUT2D eigenvalue weighted by atomic mass is 10.0. The van der Waals surface area contributed by atoms with Gasteiger partial charge in [-0.15, -0.1) is 0 Å². The van der Waals surface area contributed by atoms with E-state index in [1.54, 1.807) is 26.0 Å². The molecule has 0 radical (unpaired) electrons. The average Bonchev–Trinajstić information content (AvgIpc) is 2.77. The number of hydrogen-bond acceptors (Lipinski definition) is 7. The van der Waals surface area contributed by atoms with Gasteiger partial charge < -0.3 is 16.0 Å². The van der Waals surface area contributed by atoms with Crippen molar-refractivity contribution in [1.82, 2.24) is 20.3 Å². The minimum absolute atomic E-state index is 0.261. The van der Waals surface area contributed by atoms with Crippen molar-refractivity contribution >= 4 is 28.4 Å². The van der Waals surface area contributed by atoms with Gasteiger partial charge in [-0.05, 0) is 38.5 Å². The zero-order valence-corrected chi connectivity index (χ0v) is 17.7. The molecule has 1 aromatic carbocycles. The number of hydrogen-bond donors (Lipinski definition) is 3. The maximum absolute atomic E-state index is 14.3. The summed E-state index contributed by atoms with van der Waals surface area (Å²) >= 11 is 0. The summed E-state index contributed by atoms with van der Waals surface area (Å²) < 4.78 is 14.3. The Labute approximate surface area is 179 Å². The Hall–Kier alpha value is -3.80. The van der Waals surface area contributed by atoms with Gasteiger partial charge in [0.25, 0.3) is 5.91 Å². The van der Waals surface area contributed by atoms with Crippen LogP contribution in [0.1, 0.15) is 54.8 Å². The Bertz CT molecular complexity index is 1140. The largest absolute Gasteiger partial charge is 0.369 e. The molecule has 3 aromatic rings. The Morgan fingerprint density at radius 1 is 1.26 bits per heavy atom. The zero-order valence-electron chi connectivity index (χ0n) is 17.7. The van der Waals surface area contributed by atoms with Crippen LogP contribution < -0.4 is 16.0 Å². The van der Waals surface area contributed by atoms with E-state index >= 15 is 0 Å². The molecular formula is C22H24FN7O. The van der Waals surface area contributed by atoms with Gasteiger partial charge in [0, 0.05) is 18.5 Å². The third-order valence-corrected chi connectivity index (χ3v) is 4.68. The van der Waals surface area contributed by atoms with Crippen LogP contribution in [0.2, 0.25) is 0 Å². The fourth-order valence-electron chi connectivity index (χ4n) is 3.19. The van der Waals surface area contributed by atoms with Gasteiger partial charge in [0.05, 0.1) is 22.8 Å². The highest BCUT2D eigenvalue weighted by molar-refractivity contribution is 5.99. The maximum Gasteiger partial charge on any atom is 0.253 e. The molecule has 0 aliphatic heterocycles. The van der Waals surface area contributed by atoms with Crippen molar-refractivity contribution in [2.45, 2.75) is 33.2 Å². The van der Waals surface area contributed by atoms with E-state index < -0.39 is 11.9 Å². The molecule has 1 amide bonds. The molecule has 2 aromatic heterocycles. The van der Waals surface area contributed by atoms with Crippen molar-refractivity contribution in [2.75, 3.05) is 23.7 Å². The van der Waals surface area contributed by atoms with E-state index in [-0.39, 0.29) is 22.4 Å². The fourth-order valence-corrected chi connectivity index (χ4v) is 3.19. The highest BCUT2D eigenvalue weighted by atomic mass is 19.1. The number of nitriles is 1. The summed E-state index contributed by atoms with van der Waals surface area (Å²) in [5, 5.41) is 18.9. The number of benzene rings is 1. The fraction of sp³-hybridized carbons (Fsp3) is 0.318. The normalized spacial score (nSPS) is 11.6. The number of amides is 1.